The summed E-state index contributed by atoms with van der Waals surface area (Å²) in [6.07, 6.45) is 2.20. The molecule has 8 heteroatoms. The zero-order valence-electron chi connectivity index (χ0n) is 14.6. The third-order valence-electron chi connectivity index (χ3n) is 4.94. The standard InChI is InChI=1S/C17H24N2O4S2/c1-13-3-7-16(8-4-13)25(22,23)18-24(21)11-9-19(10-12-24)17(20)14(2)15-5-6-15/h3-4,7-8,14-15H,5-6,9-12H2,1-2H3. The number of carbonyl (C=O) groups is 1. The Labute approximate surface area is 149 Å². The van der Waals surface area contributed by atoms with E-state index in [0.29, 0.717) is 19.0 Å². The molecule has 0 N–H and O–H groups in total. The molecule has 1 heterocycles. The summed E-state index contributed by atoms with van der Waals surface area (Å²) < 4.78 is 41.4. The molecular weight excluding hydrogens is 360 g/mol. The zero-order chi connectivity index (χ0) is 18.2. The summed E-state index contributed by atoms with van der Waals surface area (Å²) in [5, 5.41) is 0. The molecule has 0 spiro atoms. The highest BCUT2D eigenvalue weighted by molar-refractivity contribution is 8.03. The van der Waals surface area contributed by atoms with E-state index in [1.807, 2.05) is 13.8 Å². The normalized spacial score (nSPS) is 21.6. The first kappa shape index (κ1) is 18.4. The van der Waals surface area contributed by atoms with Gasteiger partial charge in [-0.1, -0.05) is 24.6 Å². The lowest BCUT2D eigenvalue weighted by Crippen LogP contribution is -2.46. The monoisotopic (exact) mass is 384 g/mol. The second-order valence-electron chi connectivity index (χ2n) is 6.99. The molecular formula is C17H24N2O4S2. The number of amides is 1. The summed E-state index contributed by atoms with van der Waals surface area (Å²) >= 11 is 0. The van der Waals surface area contributed by atoms with E-state index in [2.05, 4.69) is 3.77 Å². The fraction of sp³-hybridized carbons (Fsp3) is 0.588. The van der Waals surface area contributed by atoms with Crippen LogP contribution in [-0.4, -0.2) is 48.0 Å². The lowest BCUT2D eigenvalue weighted by atomic mass is 10.1. The van der Waals surface area contributed by atoms with Gasteiger partial charge in [0.05, 0.1) is 26.1 Å². The Morgan fingerprint density at radius 3 is 2.28 bits per heavy atom. The Morgan fingerprint density at radius 1 is 1.20 bits per heavy atom. The van der Waals surface area contributed by atoms with Crippen molar-refractivity contribution in [2.75, 3.05) is 24.6 Å². The Bertz CT molecular complexity index is 866. The van der Waals surface area contributed by atoms with E-state index in [0.717, 1.165) is 18.4 Å². The number of hydrogen-bond acceptors (Lipinski definition) is 4. The van der Waals surface area contributed by atoms with Crippen molar-refractivity contribution in [2.24, 2.45) is 15.6 Å². The maximum absolute atomic E-state index is 12.9. The van der Waals surface area contributed by atoms with Crippen molar-refractivity contribution in [3.63, 3.8) is 0 Å². The average Bonchev–Trinajstić information content (AvgIpc) is 3.39. The summed E-state index contributed by atoms with van der Waals surface area (Å²) in [6, 6.07) is 6.34. The molecule has 1 atom stereocenters. The van der Waals surface area contributed by atoms with Gasteiger partial charge in [-0.05, 0) is 37.8 Å². The predicted octanol–water partition coefficient (Wildman–Crippen LogP) is 2.04. The van der Waals surface area contributed by atoms with E-state index in [1.54, 1.807) is 17.0 Å². The highest BCUT2D eigenvalue weighted by atomic mass is 32.3. The van der Waals surface area contributed by atoms with E-state index in [-0.39, 0.29) is 28.2 Å². The maximum atomic E-state index is 12.9. The second-order valence-corrected chi connectivity index (χ2v) is 11.4. The largest absolute Gasteiger partial charge is 0.341 e. The van der Waals surface area contributed by atoms with Crippen LogP contribution in [-0.2, 0) is 24.5 Å². The number of nitrogens with zero attached hydrogens (tertiary/aromatic N) is 2. The topological polar surface area (TPSA) is 83.9 Å². The average molecular weight is 385 g/mol. The smallest absolute Gasteiger partial charge is 0.290 e. The van der Waals surface area contributed by atoms with Gasteiger partial charge in [-0.2, -0.15) is 8.42 Å². The van der Waals surface area contributed by atoms with Crippen molar-refractivity contribution < 1.29 is 17.4 Å². The van der Waals surface area contributed by atoms with Gasteiger partial charge in [-0.25, -0.2) is 4.21 Å². The Kier molecular flexibility index (Phi) is 4.94. The summed E-state index contributed by atoms with van der Waals surface area (Å²) in [5.41, 5.74) is 0.944. The van der Waals surface area contributed by atoms with Crippen LogP contribution < -0.4 is 0 Å². The molecule has 25 heavy (non-hydrogen) atoms. The van der Waals surface area contributed by atoms with Gasteiger partial charge in [0.15, 0.2) is 0 Å². The molecule has 1 unspecified atom stereocenters. The summed E-state index contributed by atoms with van der Waals surface area (Å²) in [5.74, 6) is 0.792. The van der Waals surface area contributed by atoms with Crippen LogP contribution in [0.4, 0.5) is 0 Å². The molecule has 138 valence electrons. The van der Waals surface area contributed by atoms with Gasteiger partial charge < -0.3 is 4.90 Å². The quantitative estimate of drug-likeness (QED) is 0.795. The molecule has 1 aliphatic heterocycles. The van der Waals surface area contributed by atoms with E-state index in [9.17, 15) is 17.4 Å². The fourth-order valence-electron chi connectivity index (χ4n) is 3.03. The molecule has 1 saturated carbocycles. The van der Waals surface area contributed by atoms with Crippen LogP contribution in [0, 0.1) is 18.8 Å². The third kappa shape index (κ3) is 4.23. The Balaban J connectivity index is 1.73. The van der Waals surface area contributed by atoms with E-state index >= 15 is 0 Å². The minimum absolute atomic E-state index is 0.00221. The number of hydrogen-bond donors (Lipinski definition) is 0. The van der Waals surface area contributed by atoms with Gasteiger partial charge in [-0.3, -0.25) is 4.79 Å². The minimum atomic E-state index is -3.95. The summed E-state index contributed by atoms with van der Waals surface area (Å²) in [6.45, 7) is 4.42. The van der Waals surface area contributed by atoms with Crippen molar-refractivity contribution in [3.05, 3.63) is 29.8 Å². The number of carbonyl (C=O) groups excluding carboxylic acids is 1. The molecule has 2 fully saturated rings. The van der Waals surface area contributed by atoms with Crippen molar-refractivity contribution in [2.45, 2.75) is 31.6 Å². The molecule has 2 aliphatic rings. The van der Waals surface area contributed by atoms with Crippen molar-refractivity contribution in [3.8, 4) is 0 Å². The van der Waals surface area contributed by atoms with Crippen LogP contribution in [0.25, 0.3) is 0 Å². The van der Waals surface area contributed by atoms with Gasteiger partial charge in [-0.15, -0.1) is 3.77 Å². The lowest BCUT2D eigenvalue weighted by molar-refractivity contribution is -0.135. The van der Waals surface area contributed by atoms with Gasteiger partial charge in [0.25, 0.3) is 10.0 Å². The van der Waals surface area contributed by atoms with Gasteiger partial charge in [0, 0.05) is 19.0 Å². The van der Waals surface area contributed by atoms with Crippen LogP contribution in [0.3, 0.4) is 0 Å². The van der Waals surface area contributed by atoms with E-state index < -0.39 is 19.8 Å². The van der Waals surface area contributed by atoms with E-state index in [4.69, 9.17) is 0 Å². The van der Waals surface area contributed by atoms with Gasteiger partial charge >= 0.3 is 0 Å². The SMILES string of the molecule is Cc1ccc(S(=O)(=O)N=S2(=O)CCN(C(=O)C(C)C3CC3)CC2)cc1. The van der Waals surface area contributed by atoms with Gasteiger partial charge in [0.2, 0.25) is 5.91 Å². The third-order valence-corrected chi connectivity index (χ3v) is 9.32. The first-order valence-corrected chi connectivity index (χ1v) is 11.8. The first-order valence-electron chi connectivity index (χ1n) is 8.54. The van der Waals surface area contributed by atoms with E-state index in [1.165, 1.54) is 12.1 Å². The number of benzene rings is 1. The van der Waals surface area contributed by atoms with Crippen molar-refractivity contribution in [1.29, 1.82) is 0 Å². The molecule has 1 aliphatic carbocycles. The summed E-state index contributed by atoms with van der Waals surface area (Å²) in [4.78, 5) is 14.2. The molecule has 0 bridgehead atoms. The predicted molar refractivity (Wildman–Crippen MR) is 97.1 cm³/mol. The van der Waals surface area contributed by atoms with Crippen molar-refractivity contribution >= 4 is 25.7 Å². The van der Waals surface area contributed by atoms with Crippen LogP contribution >= 0.6 is 0 Å². The first-order chi connectivity index (χ1) is 11.7. The highest BCUT2D eigenvalue weighted by Crippen LogP contribution is 2.37. The highest BCUT2D eigenvalue weighted by Gasteiger charge is 2.36. The number of sulfonamides is 1. The molecule has 1 aromatic carbocycles. The zero-order valence-corrected chi connectivity index (χ0v) is 16.2. The van der Waals surface area contributed by atoms with Gasteiger partial charge in [0.1, 0.15) is 0 Å². The van der Waals surface area contributed by atoms with Crippen LogP contribution in [0.2, 0.25) is 0 Å². The molecule has 1 aromatic rings. The fourth-order valence-corrected chi connectivity index (χ4v) is 7.10. The molecule has 0 radical (unpaired) electrons. The van der Waals surface area contributed by atoms with Crippen molar-refractivity contribution in [1.82, 2.24) is 4.90 Å². The lowest BCUT2D eigenvalue weighted by Gasteiger charge is -2.30. The van der Waals surface area contributed by atoms with Crippen LogP contribution in [0.5, 0.6) is 0 Å². The molecule has 6 nitrogen and oxygen atoms in total. The number of rotatable bonds is 4. The minimum Gasteiger partial charge on any atom is -0.341 e. The number of aryl methyl sites for hydroxylation is 1. The van der Waals surface area contributed by atoms with Crippen LogP contribution in [0.1, 0.15) is 25.3 Å². The molecule has 0 aromatic heterocycles. The molecule has 1 saturated heterocycles. The summed E-state index contributed by atoms with van der Waals surface area (Å²) in [7, 11) is -6.81. The molecule has 1 amide bonds. The Morgan fingerprint density at radius 2 is 1.76 bits per heavy atom. The van der Waals surface area contributed by atoms with Crippen LogP contribution in [0.15, 0.2) is 32.9 Å². The maximum Gasteiger partial charge on any atom is 0.290 e. The second kappa shape index (κ2) is 6.72. The molecule has 3 rings (SSSR count). The Hall–Kier alpha value is -1.41.